The molecule has 1 saturated heterocycles. The zero-order chi connectivity index (χ0) is 18.5. The van der Waals surface area contributed by atoms with Crippen LogP contribution in [0.15, 0.2) is 36.5 Å². The van der Waals surface area contributed by atoms with Gasteiger partial charge in [0.05, 0.1) is 0 Å². The van der Waals surface area contributed by atoms with Gasteiger partial charge in [0.1, 0.15) is 5.69 Å². The molecule has 0 radical (unpaired) electrons. The quantitative estimate of drug-likeness (QED) is 0.873. The van der Waals surface area contributed by atoms with Gasteiger partial charge < -0.3 is 15.1 Å². The Labute approximate surface area is 159 Å². The van der Waals surface area contributed by atoms with Crippen LogP contribution in [0.5, 0.6) is 0 Å². The summed E-state index contributed by atoms with van der Waals surface area (Å²) in [4.78, 5) is 25.5. The third kappa shape index (κ3) is 4.43. The SMILES string of the molecule is CCC(C)NC(=O)c1ccnc(N2CCN(c3cccc(Cl)c3)CC2)n1. The molecule has 3 rings (SSSR count). The molecule has 0 spiro atoms. The zero-order valence-electron chi connectivity index (χ0n) is 15.2. The van der Waals surface area contributed by atoms with E-state index in [-0.39, 0.29) is 11.9 Å². The fourth-order valence-electron chi connectivity index (χ4n) is 2.86. The first-order chi connectivity index (χ1) is 12.6. The Bertz CT molecular complexity index is 761. The van der Waals surface area contributed by atoms with E-state index in [1.54, 1.807) is 12.3 Å². The molecule has 6 nitrogen and oxygen atoms in total. The van der Waals surface area contributed by atoms with Gasteiger partial charge in [0.15, 0.2) is 0 Å². The van der Waals surface area contributed by atoms with Crippen molar-refractivity contribution in [2.24, 2.45) is 0 Å². The summed E-state index contributed by atoms with van der Waals surface area (Å²) in [5.41, 5.74) is 1.53. The number of nitrogens with zero attached hydrogens (tertiary/aromatic N) is 4. The summed E-state index contributed by atoms with van der Waals surface area (Å²) < 4.78 is 0. The summed E-state index contributed by atoms with van der Waals surface area (Å²) in [5.74, 6) is 0.452. The summed E-state index contributed by atoms with van der Waals surface area (Å²) in [6, 6.07) is 9.68. The van der Waals surface area contributed by atoms with Gasteiger partial charge in [0, 0.05) is 49.1 Å². The van der Waals surface area contributed by atoms with Gasteiger partial charge >= 0.3 is 0 Å². The Balaban J connectivity index is 1.64. The highest BCUT2D eigenvalue weighted by molar-refractivity contribution is 6.30. The molecule has 7 heteroatoms. The molecule has 26 heavy (non-hydrogen) atoms. The van der Waals surface area contributed by atoms with Crippen LogP contribution in [0, 0.1) is 0 Å². The summed E-state index contributed by atoms with van der Waals surface area (Å²) in [7, 11) is 0. The number of carbonyl (C=O) groups excluding carboxylic acids is 1. The molecule has 1 fully saturated rings. The zero-order valence-corrected chi connectivity index (χ0v) is 15.9. The highest BCUT2D eigenvalue weighted by Gasteiger charge is 2.20. The van der Waals surface area contributed by atoms with E-state index in [4.69, 9.17) is 11.6 Å². The van der Waals surface area contributed by atoms with Gasteiger partial charge in [-0.1, -0.05) is 24.6 Å². The molecular formula is C19H24ClN5O. The van der Waals surface area contributed by atoms with Crippen molar-refractivity contribution >= 4 is 29.1 Å². The van der Waals surface area contributed by atoms with E-state index in [9.17, 15) is 4.79 Å². The first kappa shape index (κ1) is 18.5. The Hall–Kier alpha value is -2.34. The summed E-state index contributed by atoms with van der Waals surface area (Å²) in [6.45, 7) is 7.32. The number of piperazine rings is 1. The van der Waals surface area contributed by atoms with E-state index in [0.29, 0.717) is 11.6 Å². The maximum atomic E-state index is 12.3. The molecule has 0 saturated carbocycles. The average molecular weight is 374 g/mol. The second-order valence-electron chi connectivity index (χ2n) is 6.48. The van der Waals surface area contributed by atoms with Gasteiger partial charge in [-0.15, -0.1) is 0 Å². The topological polar surface area (TPSA) is 61.4 Å². The largest absolute Gasteiger partial charge is 0.368 e. The minimum atomic E-state index is -0.152. The maximum absolute atomic E-state index is 12.3. The van der Waals surface area contributed by atoms with Crippen molar-refractivity contribution < 1.29 is 4.79 Å². The molecule has 2 heterocycles. The second kappa shape index (κ2) is 8.36. The number of benzene rings is 1. The first-order valence-corrected chi connectivity index (χ1v) is 9.34. The van der Waals surface area contributed by atoms with E-state index >= 15 is 0 Å². The lowest BCUT2D eigenvalue weighted by Crippen LogP contribution is -2.47. The highest BCUT2D eigenvalue weighted by atomic mass is 35.5. The van der Waals surface area contributed by atoms with Gasteiger partial charge in [0.2, 0.25) is 5.95 Å². The van der Waals surface area contributed by atoms with Crippen LogP contribution in [0.1, 0.15) is 30.8 Å². The smallest absolute Gasteiger partial charge is 0.270 e. The number of carbonyl (C=O) groups is 1. The number of amides is 1. The van der Waals surface area contributed by atoms with Gasteiger partial charge in [-0.3, -0.25) is 4.79 Å². The van der Waals surface area contributed by atoms with Crippen molar-refractivity contribution in [3.05, 3.63) is 47.2 Å². The molecule has 1 N–H and O–H groups in total. The molecule has 1 unspecified atom stereocenters. The van der Waals surface area contributed by atoms with E-state index in [1.165, 1.54) is 0 Å². The van der Waals surface area contributed by atoms with Crippen LogP contribution in [0.2, 0.25) is 5.02 Å². The molecule has 1 aliphatic rings. The molecule has 1 aromatic heterocycles. The monoisotopic (exact) mass is 373 g/mol. The van der Waals surface area contributed by atoms with Crippen molar-refractivity contribution in [2.75, 3.05) is 36.0 Å². The lowest BCUT2D eigenvalue weighted by atomic mass is 10.2. The van der Waals surface area contributed by atoms with Crippen molar-refractivity contribution in [3.63, 3.8) is 0 Å². The normalized spacial score (nSPS) is 15.7. The van der Waals surface area contributed by atoms with Crippen LogP contribution in [0.25, 0.3) is 0 Å². The Morgan fingerprint density at radius 3 is 2.65 bits per heavy atom. The molecule has 0 bridgehead atoms. The molecule has 0 aliphatic carbocycles. The second-order valence-corrected chi connectivity index (χ2v) is 6.92. The van der Waals surface area contributed by atoms with Gasteiger partial charge in [-0.05, 0) is 37.6 Å². The van der Waals surface area contributed by atoms with Gasteiger partial charge in [0.25, 0.3) is 5.91 Å². The van der Waals surface area contributed by atoms with E-state index in [0.717, 1.165) is 43.3 Å². The number of aromatic nitrogens is 2. The minimum absolute atomic E-state index is 0.127. The van der Waals surface area contributed by atoms with E-state index in [1.807, 2.05) is 32.0 Å². The maximum Gasteiger partial charge on any atom is 0.270 e. The Kier molecular flexibility index (Phi) is 5.93. The van der Waals surface area contributed by atoms with Crippen molar-refractivity contribution in [1.29, 1.82) is 0 Å². The lowest BCUT2D eigenvalue weighted by Gasteiger charge is -2.36. The third-order valence-corrected chi connectivity index (χ3v) is 4.84. The van der Waals surface area contributed by atoms with Gasteiger partial charge in [-0.2, -0.15) is 0 Å². The first-order valence-electron chi connectivity index (χ1n) is 8.96. The summed E-state index contributed by atoms with van der Waals surface area (Å²) in [6.07, 6.45) is 2.53. The van der Waals surface area contributed by atoms with Crippen molar-refractivity contribution in [3.8, 4) is 0 Å². The number of hydrogen-bond acceptors (Lipinski definition) is 5. The minimum Gasteiger partial charge on any atom is -0.368 e. The fraction of sp³-hybridized carbons (Fsp3) is 0.421. The molecule has 1 aliphatic heterocycles. The number of anilines is 2. The molecule has 1 amide bonds. The number of nitrogens with one attached hydrogen (secondary N) is 1. The van der Waals surface area contributed by atoms with E-state index in [2.05, 4.69) is 31.2 Å². The van der Waals surface area contributed by atoms with Crippen molar-refractivity contribution in [2.45, 2.75) is 26.3 Å². The lowest BCUT2D eigenvalue weighted by molar-refractivity contribution is 0.0934. The van der Waals surface area contributed by atoms with Crippen LogP contribution >= 0.6 is 11.6 Å². The fourth-order valence-corrected chi connectivity index (χ4v) is 3.05. The number of halogens is 1. The predicted molar refractivity (Wildman–Crippen MR) is 105 cm³/mol. The van der Waals surface area contributed by atoms with Gasteiger partial charge in [-0.25, -0.2) is 9.97 Å². The van der Waals surface area contributed by atoms with Crippen LogP contribution in [-0.2, 0) is 0 Å². The molecule has 2 aromatic rings. The standard InChI is InChI=1S/C19H24ClN5O/c1-3-14(2)22-18(26)17-7-8-21-19(23-17)25-11-9-24(10-12-25)16-6-4-5-15(20)13-16/h4-8,13-14H,3,9-12H2,1-2H3,(H,22,26). The molecule has 1 aromatic carbocycles. The molecule has 1 atom stereocenters. The summed E-state index contributed by atoms with van der Waals surface area (Å²) in [5, 5.41) is 3.69. The van der Waals surface area contributed by atoms with Crippen molar-refractivity contribution in [1.82, 2.24) is 15.3 Å². The Morgan fingerprint density at radius 1 is 1.23 bits per heavy atom. The molecule has 138 valence electrons. The van der Waals surface area contributed by atoms with E-state index < -0.39 is 0 Å². The highest BCUT2D eigenvalue weighted by Crippen LogP contribution is 2.21. The molecular weight excluding hydrogens is 350 g/mol. The van der Waals surface area contributed by atoms with Crippen LogP contribution in [-0.4, -0.2) is 48.1 Å². The Morgan fingerprint density at radius 2 is 1.96 bits per heavy atom. The average Bonchev–Trinajstić information content (AvgIpc) is 2.68. The summed E-state index contributed by atoms with van der Waals surface area (Å²) >= 11 is 6.09. The van der Waals surface area contributed by atoms with Crippen LogP contribution in [0.4, 0.5) is 11.6 Å². The van der Waals surface area contributed by atoms with Crippen LogP contribution in [0.3, 0.4) is 0 Å². The predicted octanol–water partition coefficient (Wildman–Crippen LogP) is 2.98. The van der Waals surface area contributed by atoms with Crippen LogP contribution < -0.4 is 15.1 Å². The number of hydrogen-bond donors (Lipinski definition) is 1. The number of rotatable bonds is 5. The third-order valence-electron chi connectivity index (χ3n) is 4.60.